The molecule has 3 aromatic carbocycles. The number of rotatable bonds is 5. The Labute approximate surface area is 182 Å². The van der Waals surface area contributed by atoms with Gasteiger partial charge in [-0.25, -0.2) is 0 Å². The topological polar surface area (TPSA) is 74.1 Å². The number of nitrogens with zero attached hydrogens (tertiary/aromatic N) is 1. The number of nitrogens with one attached hydrogen (secondary N) is 2. The van der Waals surface area contributed by atoms with E-state index in [1.165, 1.54) is 5.56 Å². The van der Waals surface area contributed by atoms with E-state index in [9.17, 15) is 4.79 Å². The molecule has 6 heteroatoms. The zero-order chi connectivity index (χ0) is 20.1. The smallest absolute Gasteiger partial charge is 0.229 e. The quantitative estimate of drug-likeness (QED) is 0.627. The summed E-state index contributed by atoms with van der Waals surface area (Å²) in [7, 11) is 0. The summed E-state index contributed by atoms with van der Waals surface area (Å²) >= 11 is 0. The Morgan fingerprint density at radius 3 is 2.47 bits per heavy atom. The summed E-state index contributed by atoms with van der Waals surface area (Å²) in [5, 5.41) is 15.2. The number of benzene rings is 3. The van der Waals surface area contributed by atoms with E-state index >= 15 is 0 Å². The van der Waals surface area contributed by atoms with Crippen LogP contribution >= 0.6 is 12.4 Å². The zero-order valence-corrected chi connectivity index (χ0v) is 17.1. The summed E-state index contributed by atoms with van der Waals surface area (Å²) < 4.78 is 5.84. The molecule has 0 aliphatic carbocycles. The van der Waals surface area contributed by atoms with Gasteiger partial charge in [-0.15, -0.1) is 12.4 Å². The molecule has 1 saturated heterocycles. The van der Waals surface area contributed by atoms with Gasteiger partial charge in [-0.3, -0.25) is 4.79 Å². The van der Waals surface area contributed by atoms with Crippen LogP contribution in [0.2, 0.25) is 0 Å². The Kier molecular flexibility index (Phi) is 7.08. The molecule has 5 nitrogen and oxygen atoms in total. The van der Waals surface area contributed by atoms with Gasteiger partial charge in [0.2, 0.25) is 5.91 Å². The van der Waals surface area contributed by atoms with E-state index in [-0.39, 0.29) is 30.2 Å². The number of halogens is 1. The minimum Gasteiger partial charge on any atom is -0.457 e. The van der Waals surface area contributed by atoms with Crippen LogP contribution in [0.4, 0.5) is 5.69 Å². The minimum absolute atomic E-state index is 0. The van der Waals surface area contributed by atoms with Crippen LogP contribution in [0.5, 0.6) is 11.5 Å². The van der Waals surface area contributed by atoms with Gasteiger partial charge in [0.15, 0.2) is 0 Å². The zero-order valence-electron chi connectivity index (χ0n) is 16.2. The Bertz CT molecular complexity index is 1030. The normalized spacial score (nSPS) is 17.4. The first-order chi connectivity index (χ1) is 14.2. The van der Waals surface area contributed by atoms with Crippen molar-refractivity contribution in [2.24, 2.45) is 5.92 Å². The highest BCUT2D eigenvalue weighted by Gasteiger charge is 2.33. The van der Waals surface area contributed by atoms with Gasteiger partial charge in [0.1, 0.15) is 11.5 Å². The number of hydrogen-bond acceptors (Lipinski definition) is 4. The lowest BCUT2D eigenvalue weighted by Crippen LogP contribution is -2.28. The van der Waals surface area contributed by atoms with Gasteiger partial charge < -0.3 is 15.4 Å². The third-order valence-electron chi connectivity index (χ3n) is 5.10. The maximum absolute atomic E-state index is 12.9. The van der Waals surface area contributed by atoms with Gasteiger partial charge in [-0.1, -0.05) is 36.4 Å². The third kappa shape index (κ3) is 4.98. The number of carbonyl (C=O) groups excluding carboxylic acids is 1. The van der Waals surface area contributed by atoms with E-state index in [0.29, 0.717) is 29.3 Å². The maximum atomic E-state index is 12.9. The lowest BCUT2D eigenvalue weighted by Gasteiger charge is -2.19. The lowest BCUT2D eigenvalue weighted by atomic mass is 9.88. The largest absolute Gasteiger partial charge is 0.457 e. The van der Waals surface area contributed by atoms with Crippen molar-refractivity contribution in [2.75, 3.05) is 18.4 Å². The molecule has 2 atom stereocenters. The maximum Gasteiger partial charge on any atom is 0.229 e. The van der Waals surface area contributed by atoms with Crippen LogP contribution in [-0.2, 0) is 4.79 Å². The first-order valence-corrected chi connectivity index (χ1v) is 9.57. The second kappa shape index (κ2) is 9.93. The van der Waals surface area contributed by atoms with Crippen molar-refractivity contribution < 1.29 is 9.53 Å². The summed E-state index contributed by atoms with van der Waals surface area (Å²) in [6.45, 7) is 1.46. The SMILES string of the molecule is Cl.N#Cc1ccc(Oc2cccc(NC(=O)C3CNCC3c3ccccc3)c2)cc1. The van der Waals surface area contributed by atoms with Crippen LogP contribution in [0.25, 0.3) is 0 Å². The Morgan fingerprint density at radius 1 is 0.967 bits per heavy atom. The first kappa shape index (κ1) is 21.4. The van der Waals surface area contributed by atoms with Crippen LogP contribution in [0.1, 0.15) is 17.0 Å². The molecule has 1 aliphatic rings. The predicted octanol–water partition coefficient (Wildman–Crippen LogP) is 4.71. The first-order valence-electron chi connectivity index (χ1n) is 9.57. The molecule has 0 bridgehead atoms. The molecule has 0 aromatic heterocycles. The van der Waals surface area contributed by atoms with E-state index in [4.69, 9.17) is 10.00 Å². The van der Waals surface area contributed by atoms with Gasteiger partial charge in [0.05, 0.1) is 17.6 Å². The number of carbonyl (C=O) groups is 1. The second-order valence-corrected chi connectivity index (χ2v) is 7.04. The van der Waals surface area contributed by atoms with Gasteiger partial charge in [0.25, 0.3) is 0 Å². The fourth-order valence-corrected chi connectivity index (χ4v) is 3.61. The average Bonchev–Trinajstić information content (AvgIpc) is 3.25. The number of amides is 1. The van der Waals surface area contributed by atoms with Gasteiger partial charge in [-0.2, -0.15) is 5.26 Å². The summed E-state index contributed by atoms with van der Waals surface area (Å²) in [6.07, 6.45) is 0. The molecule has 30 heavy (non-hydrogen) atoms. The monoisotopic (exact) mass is 419 g/mol. The van der Waals surface area contributed by atoms with E-state index in [2.05, 4.69) is 28.8 Å². The van der Waals surface area contributed by atoms with Crippen LogP contribution in [0.3, 0.4) is 0 Å². The highest BCUT2D eigenvalue weighted by molar-refractivity contribution is 5.93. The molecule has 1 amide bonds. The third-order valence-corrected chi connectivity index (χ3v) is 5.10. The standard InChI is InChI=1S/C24H21N3O2.ClH/c25-14-17-9-11-20(12-10-17)29-21-8-4-7-19(13-21)27-24(28)23-16-26-15-22(23)18-5-2-1-3-6-18;/h1-13,22-23,26H,15-16H2,(H,27,28);1H. The van der Waals surface area contributed by atoms with E-state index in [1.54, 1.807) is 30.3 Å². The molecule has 0 spiro atoms. The van der Waals surface area contributed by atoms with Crippen molar-refractivity contribution in [3.63, 3.8) is 0 Å². The molecule has 4 rings (SSSR count). The summed E-state index contributed by atoms with van der Waals surface area (Å²) in [6, 6.07) is 26.5. The molecular formula is C24H22ClN3O2. The van der Waals surface area contributed by atoms with E-state index < -0.39 is 0 Å². The number of ether oxygens (including phenoxy) is 1. The van der Waals surface area contributed by atoms with Crippen molar-refractivity contribution >= 4 is 24.0 Å². The van der Waals surface area contributed by atoms with Gasteiger partial charge in [0, 0.05) is 30.8 Å². The average molecular weight is 420 g/mol. The number of nitriles is 1. The molecule has 2 N–H and O–H groups in total. The highest BCUT2D eigenvalue weighted by atomic mass is 35.5. The van der Waals surface area contributed by atoms with Crippen molar-refractivity contribution in [1.82, 2.24) is 5.32 Å². The molecular weight excluding hydrogens is 398 g/mol. The van der Waals surface area contributed by atoms with Gasteiger partial charge >= 0.3 is 0 Å². The predicted molar refractivity (Wildman–Crippen MR) is 119 cm³/mol. The summed E-state index contributed by atoms with van der Waals surface area (Å²) in [5.41, 5.74) is 2.45. The fraction of sp³-hybridized carbons (Fsp3) is 0.167. The number of anilines is 1. The van der Waals surface area contributed by atoms with Crippen LogP contribution in [-0.4, -0.2) is 19.0 Å². The molecule has 1 fully saturated rings. The van der Waals surface area contributed by atoms with Crippen LogP contribution in [0, 0.1) is 17.2 Å². The number of hydrogen-bond donors (Lipinski definition) is 2. The van der Waals surface area contributed by atoms with Crippen molar-refractivity contribution in [3.05, 3.63) is 90.0 Å². The summed E-state index contributed by atoms with van der Waals surface area (Å²) in [5.74, 6) is 1.29. The van der Waals surface area contributed by atoms with Crippen molar-refractivity contribution in [3.8, 4) is 17.6 Å². The molecule has 2 unspecified atom stereocenters. The summed E-state index contributed by atoms with van der Waals surface area (Å²) in [4.78, 5) is 12.9. The minimum atomic E-state index is -0.125. The van der Waals surface area contributed by atoms with E-state index in [0.717, 1.165) is 6.54 Å². The molecule has 1 aliphatic heterocycles. The Morgan fingerprint density at radius 2 is 1.73 bits per heavy atom. The molecule has 152 valence electrons. The van der Waals surface area contributed by atoms with Crippen LogP contribution in [0.15, 0.2) is 78.9 Å². The Balaban J connectivity index is 0.00000256. The van der Waals surface area contributed by atoms with Crippen LogP contribution < -0.4 is 15.4 Å². The molecule has 3 aromatic rings. The second-order valence-electron chi connectivity index (χ2n) is 7.04. The van der Waals surface area contributed by atoms with Crippen molar-refractivity contribution in [2.45, 2.75) is 5.92 Å². The molecule has 1 heterocycles. The van der Waals surface area contributed by atoms with E-state index in [1.807, 2.05) is 36.4 Å². The Hall–Kier alpha value is -3.33. The fourth-order valence-electron chi connectivity index (χ4n) is 3.61. The van der Waals surface area contributed by atoms with Gasteiger partial charge in [-0.05, 0) is 42.0 Å². The molecule has 0 radical (unpaired) electrons. The highest BCUT2D eigenvalue weighted by Crippen LogP contribution is 2.30. The van der Waals surface area contributed by atoms with Crippen molar-refractivity contribution in [1.29, 1.82) is 5.26 Å². The molecule has 0 saturated carbocycles. The lowest BCUT2D eigenvalue weighted by molar-refractivity contribution is -0.119.